The van der Waals surface area contributed by atoms with Gasteiger partial charge in [-0.2, -0.15) is 0 Å². The van der Waals surface area contributed by atoms with E-state index in [1.807, 2.05) is 0 Å². The summed E-state index contributed by atoms with van der Waals surface area (Å²) in [5.41, 5.74) is 5.36. The maximum atomic E-state index is 11.4. The highest BCUT2D eigenvalue weighted by atomic mass is 16.5. The van der Waals surface area contributed by atoms with Crippen molar-refractivity contribution in [2.75, 3.05) is 33.3 Å². The van der Waals surface area contributed by atoms with Crippen LogP contribution < -0.4 is 5.73 Å². The number of esters is 1. The number of rotatable bonds is 4. The van der Waals surface area contributed by atoms with Gasteiger partial charge >= 0.3 is 5.97 Å². The lowest BCUT2D eigenvalue weighted by Crippen LogP contribution is -2.61. The normalized spacial score (nSPS) is 35.9. The predicted octanol–water partition coefficient (Wildman–Crippen LogP) is 1.29. The molecule has 0 spiro atoms. The number of hydrogen-bond acceptors (Lipinski definition) is 3. The molecule has 3 atom stereocenters. The summed E-state index contributed by atoms with van der Waals surface area (Å²) in [4.78, 5) is 11.4. The first-order chi connectivity index (χ1) is 8.65. The van der Waals surface area contributed by atoms with Gasteiger partial charge in [-0.1, -0.05) is 0 Å². The summed E-state index contributed by atoms with van der Waals surface area (Å²) in [6.45, 7) is 3.61. The lowest BCUT2D eigenvalue weighted by Gasteiger charge is -2.51. The number of piperidine rings is 2. The van der Waals surface area contributed by atoms with Gasteiger partial charge < -0.3 is 15.0 Å². The van der Waals surface area contributed by atoms with E-state index in [1.54, 1.807) is 0 Å². The standard InChI is InChI=1S/C14H27N2O2/c1-16-9-3-2-6-13(16)12(5-4-10-16)11-18-14(17)7-8-15/h12-13H,2-11,15H2,1H3/q+1/t12-,13-,16-/m1/s1. The number of nitrogens with two attached hydrogens (primary N) is 1. The van der Waals surface area contributed by atoms with Crippen molar-refractivity contribution in [3.63, 3.8) is 0 Å². The van der Waals surface area contributed by atoms with Crippen LogP contribution in [0.3, 0.4) is 0 Å². The maximum absolute atomic E-state index is 11.4. The predicted molar refractivity (Wildman–Crippen MR) is 70.9 cm³/mol. The average molecular weight is 255 g/mol. The molecule has 0 radical (unpaired) electrons. The van der Waals surface area contributed by atoms with E-state index in [2.05, 4.69) is 7.05 Å². The Kier molecular flexibility index (Phi) is 4.62. The van der Waals surface area contributed by atoms with E-state index in [4.69, 9.17) is 10.5 Å². The first-order valence-electron chi connectivity index (χ1n) is 7.35. The quantitative estimate of drug-likeness (QED) is 0.608. The molecule has 0 aliphatic carbocycles. The van der Waals surface area contributed by atoms with Crippen LogP contribution in [0.1, 0.15) is 38.5 Å². The highest BCUT2D eigenvalue weighted by Gasteiger charge is 2.43. The molecule has 0 amide bonds. The Morgan fingerprint density at radius 1 is 1.28 bits per heavy atom. The summed E-state index contributed by atoms with van der Waals surface area (Å²) in [5, 5.41) is 0. The van der Waals surface area contributed by atoms with Crippen LogP contribution in [0, 0.1) is 5.92 Å². The van der Waals surface area contributed by atoms with Gasteiger partial charge in [-0.25, -0.2) is 0 Å². The molecule has 0 aromatic carbocycles. The highest BCUT2D eigenvalue weighted by Crippen LogP contribution is 2.36. The molecule has 0 bridgehead atoms. The fourth-order valence-corrected chi connectivity index (χ4v) is 3.82. The lowest BCUT2D eigenvalue weighted by molar-refractivity contribution is -0.947. The Morgan fingerprint density at radius 3 is 2.83 bits per heavy atom. The number of ether oxygens (including phenoxy) is 1. The van der Waals surface area contributed by atoms with Crippen molar-refractivity contribution in [3.8, 4) is 0 Å². The van der Waals surface area contributed by atoms with Crippen LogP contribution in [0.4, 0.5) is 0 Å². The molecule has 2 aliphatic heterocycles. The second-order valence-electron chi connectivity index (χ2n) is 6.11. The summed E-state index contributed by atoms with van der Waals surface area (Å²) in [5.74, 6) is 0.430. The summed E-state index contributed by atoms with van der Waals surface area (Å²) >= 11 is 0. The molecule has 2 rings (SSSR count). The van der Waals surface area contributed by atoms with Gasteiger partial charge in [0.25, 0.3) is 0 Å². The van der Waals surface area contributed by atoms with E-state index in [-0.39, 0.29) is 5.97 Å². The molecule has 2 aliphatic rings. The van der Waals surface area contributed by atoms with E-state index in [0.717, 1.165) is 0 Å². The Bertz CT molecular complexity index is 292. The fourth-order valence-electron chi connectivity index (χ4n) is 3.82. The van der Waals surface area contributed by atoms with Gasteiger partial charge in [-0.05, 0) is 25.7 Å². The van der Waals surface area contributed by atoms with E-state index in [1.165, 1.54) is 49.7 Å². The molecule has 2 fully saturated rings. The zero-order valence-electron chi connectivity index (χ0n) is 11.6. The van der Waals surface area contributed by atoms with Gasteiger partial charge in [-0.3, -0.25) is 4.79 Å². The Labute approximate surface area is 110 Å². The smallest absolute Gasteiger partial charge is 0.307 e. The van der Waals surface area contributed by atoms with Gasteiger partial charge in [0, 0.05) is 18.9 Å². The molecule has 2 heterocycles. The molecule has 2 N–H and O–H groups in total. The van der Waals surface area contributed by atoms with Crippen LogP contribution >= 0.6 is 0 Å². The molecule has 18 heavy (non-hydrogen) atoms. The van der Waals surface area contributed by atoms with Gasteiger partial charge in [0.2, 0.25) is 0 Å². The van der Waals surface area contributed by atoms with Crippen molar-refractivity contribution in [2.24, 2.45) is 11.7 Å². The van der Waals surface area contributed by atoms with Gasteiger partial charge in [0.05, 0.1) is 39.2 Å². The number of carbonyl (C=O) groups is 1. The number of quaternary nitrogens is 1. The monoisotopic (exact) mass is 255 g/mol. The number of hydrogen-bond donors (Lipinski definition) is 1. The van der Waals surface area contributed by atoms with Crippen LogP contribution in [-0.4, -0.2) is 49.8 Å². The zero-order chi connectivity index (χ0) is 13.0. The number of nitrogens with zero attached hydrogens (tertiary/aromatic N) is 1. The van der Waals surface area contributed by atoms with Gasteiger partial charge in [0.1, 0.15) is 0 Å². The third kappa shape index (κ3) is 3.04. The van der Waals surface area contributed by atoms with Crippen molar-refractivity contribution in [3.05, 3.63) is 0 Å². The van der Waals surface area contributed by atoms with Crippen molar-refractivity contribution in [2.45, 2.75) is 44.6 Å². The summed E-state index contributed by atoms with van der Waals surface area (Å²) in [7, 11) is 2.39. The molecule has 0 unspecified atom stereocenters. The Balaban J connectivity index is 1.89. The Morgan fingerprint density at radius 2 is 2.06 bits per heavy atom. The molecule has 4 nitrogen and oxygen atoms in total. The van der Waals surface area contributed by atoms with Crippen LogP contribution in [0.5, 0.6) is 0 Å². The van der Waals surface area contributed by atoms with Gasteiger partial charge in [-0.15, -0.1) is 0 Å². The van der Waals surface area contributed by atoms with Crippen molar-refractivity contribution < 1.29 is 14.0 Å². The number of fused-ring (bicyclic) bond motifs is 1. The highest BCUT2D eigenvalue weighted by molar-refractivity contribution is 5.69. The van der Waals surface area contributed by atoms with E-state index in [0.29, 0.717) is 31.5 Å². The molecule has 0 aromatic rings. The van der Waals surface area contributed by atoms with Crippen LogP contribution in [0.15, 0.2) is 0 Å². The van der Waals surface area contributed by atoms with E-state index in [9.17, 15) is 4.79 Å². The van der Waals surface area contributed by atoms with Crippen LogP contribution in [0.2, 0.25) is 0 Å². The molecule has 0 saturated carbocycles. The second kappa shape index (κ2) is 6.02. The first-order valence-corrected chi connectivity index (χ1v) is 7.35. The minimum atomic E-state index is -0.131. The second-order valence-corrected chi connectivity index (χ2v) is 6.11. The largest absolute Gasteiger partial charge is 0.465 e. The summed E-state index contributed by atoms with van der Waals surface area (Å²) in [6, 6.07) is 0.707. The Hall–Kier alpha value is -0.610. The minimum absolute atomic E-state index is 0.131. The SMILES string of the molecule is C[N@+]12CCCC[C@@H]1[C@@H](COC(=O)CCN)CCC2. The average Bonchev–Trinajstić information content (AvgIpc) is 2.35. The zero-order valence-corrected chi connectivity index (χ0v) is 11.6. The van der Waals surface area contributed by atoms with E-state index < -0.39 is 0 Å². The minimum Gasteiger partial charge on any atom is -0.465 e. The third-order valence-corrected chi connectivity index (χ3v) is 4.81. The lowest BCUT2D eigenvalue weighted by atomic mass is 9.82. The van der Waals surface area contributed by atoms with Crippen LogP contribution in [0.25, 0.3) is 0 Å². The molecule has 0 aromatic heterocycles. The molecule has 4 heteroatoms. The molecule has 2 saturated heterocycles. The van der Waals surface area contributed by atoms with Gasteiger partial charge in [0.15, 0.2) is 0 Å². The third-order valence-electron chi connectivity index (χ3n) is 4.81. The van der Waals surface area contributed by atoms with E-state index >= 15 is 0 Å². The van der Waals surface area contributed by atoms with Crippen molar-refractivity contribution in [1.82, 2.24) is 0 Å². The van der Waals surface area contributed by atoms with Crippen molar-refractivity contribution >= 4 is 5.97 Å². The van der Waals surface area contributed by atoms with Crippen LogP contribution in [-0.2, 0) is 9.53 Å². The summed E-state index contributed by atoms with van der Waals surface area (Å²) < 4.78 is 6.59. The molecule has 104 valence electrons. The topological polar surface area (TPSA) is 52.3 Å². The maximum Gasteiger partial charge on any atom is 0.307 e. The van der Waals surface area contributed by atoms with Crippen molar-refractivity contribution in [1.29, 1.82) is 0 Å². The fraction of sp³-hybridized carbons (Fsp3) is 0.929. The first kappa shape index (κ1) is 13.8. The molecular formula is C14H27N2O2+. The molecular weight excluding hydrogens is 228 g/mol. The number of carbonyl (C=O) groups excluding carboxylic acids is 1. The summed E-state index contributed by atoms with van der Waals surface area (Å²) in [6.07, 6.45) is 6.83.